The first-order valence-corrected chi connectivity index (χ1v) is 8.51. The Morgan fingerprint density at radius 2 is 2.08 bits per heavy atom. The van der Waals surface area contributed by atoms with Crippen molar-refractivity contribution in [2.45, 2.75) is 46.7 Å². The number of esters is 2. The Hall–Kier alpha value is -1.89. The van der Waals surface area contributed by atoms with E-state index in [9.17, 15) is 9.59 Å². The number of aromatic nitrogens is 2. The number of carbonyl (C=O) groups is 2. The zero-order valence-corrected chi connectivity index (χ0v) is 15.0. The largest absolute Gasteiger partial charge is 0.469 e. The Morgan fingerprint density at radius 1 is 1.33 bits per heavy atom. The third-order valence-corrected chi connectivity index (χ3v) is 4.08. The molecule has 0 N–H and O–H groups in total. The maximum Gasteiger partial charge on any atom is 0.359 e. The van der Waals surface area contributed by atoms with Crippen LogP contribution in [0.4, 0.5) is 0 Å². The monoisotopic (exact) mass is 337 g/mol. The summed E-state index contributed by atoms with van der Waals surface area (Å²) in [6, 6.07) is 0. The fourth-order valence-electron chi connectivity index (χ4n) is 2.95. The fourth-order valence-corrected chi connectivity index (χ4v) is 2.95. The molecule has 0 aromatic carbocycles. The number of hydrogen-bond acceptors (Lipinski definition) is 6. The molecule has 2 heterocycles. The van der Waals surface area contributed by atoms with Crippen molar-refractivity contribution in [3.8, 4) is 0 Å². The first-order valence-electron chi connectivity index (χ1n) is 8.51. The molecule has 0 saturated heterocycles. The maximum atomic E-state index is 12.2. The predicted molar refractivity (Wildman–Crippen MR) is 88.6 cm³/mol. The maximum absolute atomic E-state index is 12.2. The molecular weight excluding hydrogens is 310 g/mol. The average molecular weight is 337 g/mol. The number of hydrogen-bond donors (Lipinski definition) is 0. The lowest BCUT2D eigenvalue weighted by molar-refractivity contribution is -0.141. The normalized spacial score (nSPS) is 14.5. The summed E-state index contributed by atoms with van der Waals surface area (Å²) in [5.41, 5.74) is 2.46. The second-order valence-electron chi connectivity index (χ2n) is 6.42. The van der Waals surface area contributed by atoms with Crippen molar-refractivity contribution in [3.05, 3.63) is 17.0 Å². The minimum Gasteiger partial charge on any atom is -0.469 e. The molecule has 2 rings (SSSR count). The Morgan fingerprint density at radius 3 is 2.71 bits per heavy atom. The second kappa shape index (κ2) is 8.28. The predicted octanol–water partition coefficient (Wildman–Crippen LogP) is 1.64. The van der Waals surface area contributed by atoms with Gasteiger partial charge in [0.15, 0.2) is 5.69 Å². The molecule has 134 valence electrons. The molecule has 1 aromatic heterocycles. The summed E-state index contributed by atoms with van der Waals surface area (Å²) in [5, 5.41) is 4.52. The topological polar surface area (TPSA) is 73.7 Å². The third kappa shape index (κ3) is 4.35. The number of methoxy groups -OCH3 is 1. The number of nitrogens with zero attached hydrogens (tertiary/aromatic N) is 3. The van der Waals surface area contributed by atoms with Crippen LogP contribution in [0.5, 0.6) is 0 Å². The molecule has 1 aliphatic rings. The van der Waals surface area contributed by atoms with Crippen LogP contribution < -0.4 is 0 Å². The molecule has 0 saturated carbocycles. The van der Waals surface area contributed by atoms with E-state index in [2.05, 4.69) is 23.8 Å². The van der Waals surface area contributed by atoms with Gasteiger partial charge in [0.2, 0.25) is 0 Å². The Labute approximate surface area is 142 Å². The van der Waals surface area contributed by atoms with Gasteiger partial charge in [-0.05, 0) is 12.8 Å². The smallest absolute Gasteiger partial charge is 0.359 e. The van der Waals surface area contributed by atoms with Gasteiger partial charge >= 0.3 is 11.9 Å². The van der Waals surface area contributed by atoms with Crippen LogP contribution in [0.25, 0.3) is 0 Å². The van der Waals surface area contributed by atoms with E-state index in [1.807, 2.05) is 4.68 Å². The van der Waals surface area contributed by atoms with Crippen LogP contribution in [0.15, 0.2) is 0 Å². The van der Waals surface area contributed by atoms with Gasteiger partial charge in [-0.15, -0.1) is 0 Å². The van der Waals surface area contributed by atoms with Crippen molar-refractivity contribution < 1.29 is 19.1 Å². The molecule has 0 unspecified atom stereocenters. The minimum absolute atomic E-state index is 0.220. The van der Waals surface area contributed by atoms with Gasteiger partial charge in [0.25, 0.3) is 0 Å². The number of rotatable bonds is 7. The van der Waals surface area contributed by atoms with Gasteiger partial charge in [0.05, 0.1) is 20.1 Å². The van der Waals surface area contributed by atoms with Gasteiger partial charge in [-0.2, -0.15) is 5.10 Å². The molecule has 0 spiro atoms. The molecule has 1 aromatic rings. The van der Waals surface area contributed by atoms with Crippen LogP contribution in [0.1, 0.15) is 48.9 Å². The molecule has 0 atom stereocenters. The van der Waals surface area contributed by atoms with Gasteiger partial charge in [-0.3, -0.25) is 14.4 Å². The molecular formula is C17H27N3O4. The van der Waals surface area contributed by atoms with E-state index >= 15 is 0 Å². The zero-order chi connectivity index (χ0) is 17.7. The Bertz CT molecular complexity index is 595. The van der Waals surface area contributed by atoms with Crippen LogP contribution in [-0.4, -0.2) is 53.4 Å². The summed E-state index contributed by atoms with van der Waals surface area (Å²) in [7, 11) is 1.39. The molecule has 7 nitrogen and oxygen atoms in total. The average Bonchev–Trinajstić information content (AvgIpc) is 2.90. The van der Waals surface area contributed by atoms with Crippen molar-refractivity contribution in [3.63, 3.8) is 0 Å². The lowest BCUT2D eigenvalue weighted by Crippen LogP contribution is -2.33. The van der Waals surface area contributed by atoms with Gasteiger partial charge in [-0.1, -0.05) is 13.8 Å². The quantitative estimate of drug-likeness (QED) is 0.704. The van der Waals surface area contributed by atoms with E-state index < -0.39 is 0 Å². The first kappa shape index (κ1) is 18.4. The molecule has 0 bridgehead atoms. The SMILES string of the molecule is CCOC(=O)c1nn(CC(C)C)c2c1CN(CCC(=O)OC)CC2. The van der Waals surface area contributed by atoms with Crippen molar-refractivity contribution in [2.24, 2.45) is 5.92 Å². The lowest BCUT2D eigenvalue weighted by Gasteiger charge is -2.27. The molecule has 0 amide bonds. The lowest BCUT2D eigenvalue weighted by atomic mass is 10.0. The summed E-state index contributed by atoms with van der Waals surface area (Å²) in [6.07, 6.45) is 1.16. The summed E-state index contributed by atoms with van der Waals surface area (Å²) in [4.78, 5) is 25.7. The van der Waals surface area contributed by atoms with E-state index in [-0.39, 0.29) is 11.9 Å². The van der Waals surface area contributed by atoms with Crippen LogP contribution in [0, 0.1) is 5.92 Å². The number of ether oxygens (including phenoxy) is 2. The van der Waals surface area contributed by atoms with Crippen molar-refractivity contribution >= 4 is 11.9 Å². The highest BCUT2D eigenvalue weighted by Crippen LogP contribution is 2.24. The minimum atomic E-state index is -0.369. The summed E-state index contributed by atoms with van der Waals surface area (Å²) < 4.78 is 11.8. The fraction of sp³-hybridized carbons (Fsp3) is 0.706. The molecule has 7 heteroatoms. The molecule has 24 heavy (non-hydrogen) atoms. The van der Waals surface area contributed by atoms with Gasteiger partial charge in [-0.25, -0.2) is 4.79 Å². The summed E-state index contributed by atoms with van der Waals surface area (Å²) in [5.74, 6) is -0.144. The van der Waals surface area contributed by atoms with Gasteiger partial charge in [0.1, 0.15) is 0 Å². The molecule has 0 fully saturated rings. The summed E-state index contributed by atoms with van der Waals surface area (Å²) >= 11 is 0. The van der Waals surface area contributed by atoms with E-state index in [0.717, 1.165) is 30.8 Å². The van der Waals surface area contributed by atoms with E-state index in [1.165, 1.54) is 7.11 Å². The number of carbonyl (C=O) groups excluding carboxylic acids is 2. The van der Waals surface area contributed by atoms with Crippen LogP contribution in [-0.2, 0) is 33.8 Å². The van der Waals surface area contributed by atoms with E-state index in [0.29, 0.717) is 37.7 Å². The van der Waals surface area contributed by atoms with Gasteiger partial charge in [0, 0.05) is 43.9 Å². The highest BCUT2D eigenvalue weighted by Gasteiger charge is 2.29. The highest BCUT2D eigenvalue weighted by molar-refractivity contribution is 5.89. The van der Waals surface area contributed by atoms with Crippen molar-refractivity contribution in [2.75, 3.05) is 26.8 Å². The molecule has 0 aliphatic carbocycles. The van der Waals surface area contributed by atoms with Crippen molar-refractivity contribution in [1.29, 1.82) is 0 Å². The van der Waals surface area contributed by atoms with Crippen LogP contribution in [0.3, 0.4) is 0 Å². The molecule has 1 aliphatic heterocycles. The zero-order valence-electron chi connectivity index (χ0n) is 15.0. The van der Waals surface area contributed by atoms with Crippen molar-refractivity contribution in [1.82, 2.24) is 14.7 Å². The van der Waals surface area contributed by atoms with E-state index in [1.54, 1.807) is 6.92 Å². The number of fused-ring (bicyclic) bond motifs is 1. The Kier molecular flexibility index (Phi) is 6.36. The summed E-state index contributed by atoms with van der Waals surface area (Å²) in [6.45, 7) is 9.23. The first-order chi connectivity index (χ1) is 11.5. The van der Waals surface area contributed by atoms with Crippen LogP contribution in [0.2, 0.25) is 0 Å². The third-order valence-electron chi connectivity index (χ3n) is 4.08. The van der Waals surface area contributed by atoms with Gasteiger partial charge < -0.3 is 9.47 Å². The molecule has 0 radical (unpaired) electrons. The second-order valence-corrected chi connectivity index (χ2v) is 6.42. The standard InChI is InChI=1S/C17H27N3O4/c1-5-24-17(22)16-13-11-19(9-7-15(21)23-4)8-6-14(13)20(18-16)10-12(2)3/h12H,5-11H2,1-4H3. The van der Waals surface area contributed by atoms with Crippen LogP contribution >= 0.6 is 0 Å². The highest BCUT2D eigenvalue weighted by atomic mass is 16.5. The Balaban J connectivity index is 2.20. The van der Waals surface area contributed by atoms with E-state index in [4.69, 9.17) is 9.47 Å².